The Bertz CT molecular complexity index is 453. The maximum atomic E-state index is 5.85. The molecule has 0 spiro atoms. The number of anilines is 2. The lowest BCUT2D eigenvalue weighted by molar-refractivity contribution is 0.922. The van der Waals surface area contributed by atoms with E-state index in [1.807, 2.05) is 12.1 Å². The highest BCUT2D eigenvalue weighted by Crippen LogP contribution is 2.22. The summed E-state index contributed by atoms with van der Waals surface area (Å²) in [5.74, 6) is 0.620. The highest BCUT2D eigenvalue weighted by Gasteiger charge is 2.04. The van der Waals surface area contributed by atoms with Crippen LogP contribution in [0.3, 0.4) is 0 Å². The van der Waals surface area contributed by atoms with Gasteiger partial charge in [0, 0.05) is 5.69 Å². The van der Waals surface area contributed by atoms with Crippen molar-refractivity contribution in [2.45, 2.75) is 19.8 Å². The summed E-state index contributed by atoms with van der Waals surface area (Å²) in [7, 11) is 0. The first kappa shape index (κ1) is 11.4. The Balaban J connectivity index is 2.08. The quantitative estimate of drug-likeness (QED) is 0.898. The molecule has 1 N–H and O–H groups in total. The van der Waals surface area contributed by atoms with Crippen molar-refractivity contribution < 1.29 is 0 Å². The topological polar surface area (TPSA) is 37.8 Å². The van der Waals surface area contributed by atoms with Crippen LogP contribution in [-0.4, -0.2) is 8.75 Å². The summed E-state index contributed by atoms with van der Waals surface area (Å²) in [6, 6.07) is 8.28. The number of rotatable bonds is 4. The monoisotopic (exact) mass is 253 g/mol. The molecular weight excluding hydrogens is 242 g/mol. The molecule has 1 aromatic carbocycles. The van der Waals surface area contributed by atoms with Crippen LogP contribution in [0.25, 0.3) is 0 Å². The predicted molar refractivity (Wildman–Crippen MR) is 68.6 cm³/mol. The second-order valence-corrected chi connectivity index (χ2v) is 4.36. The molecule has 0 bridgehead atoms. The van der Waals surface area contributed by atoms with Crippen LogP contribution < -0.4 is 5.32 Å². The molecule has 16 heavy (non-hydrogen) atoms. The lowest BCUT2D eigenvalue weighted by Crippen LogP contribution is -1.91. The molecule has 2 aromatic rings. The van der Waals surface area contributed by atoms with Crippen LogP contribution in [-0.2, 0) is 6.42 Å². The molecule has 0 saturated heterocycles. The highest BCUT2D eigenvalue weighted by atomic mass is 35.5. The SMILES string of the molecule is CCCc1ccc(Nc2nsnc2Cl)cc1. The Morgan fingerprint density at radius 1 is 1.25 bits per heavy atom. The van der Waals surface area contributed by atoms with Crippen molar-refractivity contribution in [3.8, 4) is 0 Å². The molecular formula is C11H12ClN3S. The lowest BCUT2D eigenvalue weighted by atomic mass is 10.1. The van der Waals surface area contributed by atoms with E-state index in [1.165, 1.54) is 5.56 Å². The fourth-order valence-corrected chi connectivity index (χ4v) is 2.08. The van der Waals surface area contributed by atoms with Gasteiger partial charge < -0.3 is 5.32 Å². The van der Waals surface area contributed by atoms with E-state index in [-0.39, 0.29) is 0 Å². The van der Waals surface area contributed by atoms with Gasteiger partial charge in [0.1, 0.15) is 0 Å². The Labute approximate surface area is 104 Å². The van der Waals surface area contributed by atoms with Gasteiger partial charge >= 0.3 is 0 Å². The van der Waals surface area contributed by atoms with Gasteiger partial charge in [-0.25, -0.2) is 0 Å². The average Bonchev–Trinajstić information content (AvgIpc) is 2.68. The minimum Gasteiger partial charge on any atom is -0.337 e. The molecule has 1 heterocycles. The lowest BCUT2D eigenvalue weighted by Gasteiger charge is -2.04. The van der Waals surface area contributed by atoms with E-state index in [2.05, 4.69) is 33.1 Å². The number of aromatic nitrogens is 2. The highest BCUT2D eigenvalue weighted by molar-refractivity contribution is 6.99. The summed E-state index contributed by atoms with van der Waals surface area (Å²) in [5, 5.41) is 3.55. The van der Waals surface area contributed by atoms with Gasteiger partial charge in [-0.15, -0.1) is 0 Å². The molecule has 1 aromatic heterocycles. The van der Waals surface area contributed by atoms with Gasteiger partial charge in [-0.3, -0.25) is 0 Å². The van der Waals surface area contributed by atoms with Crippen LogP contribution in [0.2, 0.25) is 5.15 Å². The average molecular weight is 254 g/mol. The maximum Gasteiger partial charge on any atom is 0.187 e. The van der Waals surface area contributed by atoms with Crippen molar-refractivity contribution >= 4 is 34.8 Å². The Kier molecular flexibility index (Phi) is 3.74. The van der Waals surface area contributed by atoms with Crippen LogP contribution in [0.4, 0.5) is 11.5 Å². The molecule has 3 nitrogen and oxygen atoms in total. The summed E-state index contributed by atoms with van der Waals surface area (Å²) in [5.41, 5.74) is 2.32. The zero-order valence-electron chi connectivity index (χ0n) is 8.90. The van der Waals surface area contributed by atoms with Crippen LogP contribution in [0.15, 0.2) is 24.3 Å². The van der Waals surface area contributed by atoms with Crippen molar-refractivity contribution in [2.24, 2.45) is 0 Å². The van der Waals surface area contributed by atoms with Gasteiger partial charge in [0.25, 0.3) is 0 Å². The Hall–Kier alpha value is -1.13. The Morgan fingerprint density at radius 3 is 2.56 bits per heavy atom. The molecule has 5 heteroatoms. The van der Waals surface area contributed by atoms with E-state index in [0.29, 0.717) is 11.0 Å². The van der Waals surface area contributed by atoms with Gasteiger partial charge in [0.05, 0.1) is 11.7 Å². The fraction of sp³-hybridized carbons (Fsp3) is 0.273. The van der Waals surface area contributed by atoms with E-state index >= 15 is 0 Å². The van der Waals surface area contributed by atoms with Crippen LogP contribution >= 0.6 is 23.3 Å². The van der Waals surface area contributed by atoms with Crippen LogP contribution in [0.5, 0.6) is 0 Å². The third-order valence-electron chi connectivity index (χ3n) is 2.20. The third kappa shape index (κ3) is 2.71. The first-order valence-corrected chi connectivity index (χ1v) is 6.24. The van der Waals surface area contributed by atoms with E-state index < -0.39 is 0 Å². The van der Waals surface area contributed by atoms with Crippen LogP contribution in [0, 0.1) is 0 Å². The number of hydrogen-bond donors (Lipinski definition) is 1. The molecule has 0 aliphatic rings. The maximum absolute atomic E-state index is 5.85. The zero-order chi connectivity index (χ0) is 11.4. The zero-order valence-corrected chi connectivity index (χ0v) is 10.5. The van der Waals surface area contributed by atoms with E-state index in [1.54, 1.807) is 0 Å². The predicted octanol–water partition coefficient (Wildman–Crippen LogP) is 3.89. The third-order valence-corrected chi connectivity index (χ3v) is 3.10. The summed E-state index contributed by atoms with van der Waals surface area (Å²) in [6.45, 7) is 2.17. The summed E-state index contributed by atoms with van der Waals surface area (Å²) in [6.07, 6.45) is 2.27. The standard InChI is InChI=1S/C11H12ClN3S/c1-2-3-8-4-6-9(7-5-8)13-11-10(12)14-16-15-11/h4-7H,2-3H2,1H3,(H,13,15). The fourth-order valence-electron chi connectivity index (χ4n) is 1.43. The van der Waals surface area contributed by atoms with Gasteiger partial charge in [-0.1, -0.05) is 37.1 Å². The molecule has 0 radical (unpaired) electrons. The van der Waals surface area contributed by atoms with Crippen LogP contribution in [0.1, 0.15) is 18.9 Å². The smallest absolute Gasteiger partial charge is 0.187 e. The molecule has 0 aliphatic carbocycles. The molecule has 2 rings (SSSR count). The molecule has 0 saturated carbocycles. The molecule has 0 atom stereocenters. The number of hydrogen-bond acceptors (Lipinski definition) is 4. The number of halogens is 1. The summed E-state index contributed by atoms with van der Waals surface area (Å²) < 4.78 is 7.95. The largest absolute Gasteiger partial charge is 0.337 e. The van der Waals surface area contributed by atoms with Gasteiger partial charge in [-0.05, 0) is 24.1 Å². The first-order chi connectivity index (χ1) is 7.79. The molecule has 0 fully saturated rings. The normalized spacial score (nSPS) is 10.4. The van der Waals surface area contributed by atoms with Crippen molar-refractivity contribution in [3.05, 3.63) is 35.0 Å². The van der Waals surface area contributed by atoms with Gasteiger partial charge in [0.2, 0.25) is 0 Å². The minimum atomic E-state index is 0.419. The van der Waals surface area contributed by atoms with Crippen molar-refractivity contribution in [1.29, 1.82) is 0 Å². The van der Waals surface area contributed by atoms with Gasteiger partial charge in [-0.2, -0.15) is 8.75 Å². The second kappa shape index (κ2) is 5.27. The van der Waals surface area contributed by atoms with Gasteiger partial charge in [0.15, 0.2) is 11.0 Å². The molecule has 0 unspecified atom stereocenters. The molecule has 84 valence electrons. The number of nitrogens with zero attached hydrogens (tertiary/aromatic N) is 2. The minimum absolute atomic E-state index is 0.419. The van der Waals surface area contributed by atoms with Crippen molar-refractivity contribution in [2.75, 3.05) is 5.32 Å². The number of benzene rings is 1. The summed E-state index contributed by atoms with van der Waals surface area (Å²) in [4.78, 5) is 0. The van der Waals surface area contributed by atoms with E-state index in [4.69, 9.17) is 11.6 Å². The van der Waals surface area contributed by atoms with Crippen molar-refractivity contribution in [1.82, 2.24) is 8.75 Å². The number of nitrogens with one attached hydrogen (secondary N) is 1. The van der Waals surface area contributed by atoms with E-state index in [9.17, 15) is 0 Å². The Morgan fingerprint density at radius 2 is 2.00 bits per heavy atom. The molecule has 0 aliphatic heterocycles. The second-order valence-electron chi connectivity index (χ2n) is 3.48. The van der Waals surface area contributed by atoms with E-state index in [0.717, 1.165) is 30.3 Å². The number of aryl methyl sites for hydroxylation is 1. The summed E-state index contributed by atoms with van der Waals surface area (Å²) >= 11 is 6.95. The first-order valence-electron chi connectivity index (χ1n) is 5.13. The van der Waals surface area contributed by atoms with Crippen molar-refractivity contribution in [3.63, 3.8) is 0 Å². The molecule has 0 amide bonds.